The second-order valence-electron chi connectivity index (χ2n) is 8.20. The minimum atomic E-state index is -0.239. The molecule has 0 saturated carbocycles. The first kappa shape index (κ1) is 15.8. The first-order valence-electron chi connectivity index (χ1n) is 10.1. The van der Waals surface area contributed by atoms with Crippen molar-refractivity contribution < 1.29 is 0 Å². The summed E-state index contributed by atoms with van der Waals surface area (Å²) < 4.78 is 0. The first-order valence-corrected chi connectivity index (χ1v) is 10.5. The van der Waals surface area contributed by atoms with Gasteiger partial charge in [0.1, 0.15) is 0 Å². The molecule has 0 bridgehead atoms. The number of rotatable bonds is 0. The summed E-state index contributed by atoms with van der Waals surface area (Å²) in [6, 6.07) is 26.7. The summed E-state index contributed by atoms with van der Waals surface area (Å²) in [7, 11) is 0. The van der Waals surface area contributed by atoms with Crippen LogP contribution in [0.2, 0.25) is 5.02 Å². The van der Waals surface area contributed by atoms with E-state index in [9.17, 15) is 0 Å². The lowest BCUT2D eigenvalue weighted by molar-refractivity contribution is 0.824. The van der Waals surface area contributed by atoms with Crippen molar-refractivity contribution in [3.63, 3.8) is 0 Å². The Labute approximate surface area is 174 Å². The number of benzene rings is 4. The van der Waals surface area contributed by atoms with Gasteiger partial charge < -0.3 is 0 Å². The van der Waals surface area contributed by atoms with Crippen molar-refractivity contribution in [2.24, 2.45) is 0 Å². The quantitative estimate of drug-likeness (QED) is 0.362. The van der Waals surface area contributed by atoms with Crippen LogP contribution < -0.4 is 10.4 Å². The van der Waals surface area contributed by atoms with Gasteiger partial charge in [0, 0.05) is 5.02 Å². The van der Waals surface area contributed by atoms with Crippen molar-refractivity contribution in [2.75, 3.05) is 0 Å². The molecule has 4 aromatic rings. The Bertz CT molecular complexity index is 1540. The number of halogens is 1. The maximum Gasteiger partial charge on any atom is 0.0691 e. The van der Waals surface area contributed by atoms with Gasteiger partial charge in [-0.05, 0) is 73.2 Å². The third kappa shape index (κ3) is 1.73. The Morgan fingerprint density at radius 2 is 1.62 bits per heavy atom. The van der Waals surface area contributed by atoms with Gasteiger partial charge in [-0.15, -0.1) is 0 Å². The molecule has 29 heavy (non-hydrogen) atoms. The molecular weight excluding hydrogens is 372 g/mol. The fourth-order valence-corrected chi connectivity index (χ4v) is 6.18. The molecule has 3 aliphatic rings. The van der Waals surface area contributed by atoms with E-state index in [0.717, 1.165) is 11.4 Å². The largest absolute Gasteiger partial charge is 0.0843 e. The third-order valence-electron chi connectivity index (χ3n) is 6.98. The summed E-state index contributed by atoms with van der Waals surface area (Å²) in [6.07, 6.45) is 7.74. The van der Waals surface area contributed by atoms with E-state index in [1.165, 1.54) is 54.6 Å². The summed E-state index contributed by atoms with van der Waals surface area (Å²) >= 11 is 6.46. The molecule has 1 atom stereocenters. The molecule has 0 amide bonds. The number of fused-ring (bicyclic) bond motifs is 7. The van der Waals surface area contributed by atoms with E-state index in [0.29, 0.717) is 0 Å². The van der Waals surface area contributed by atoms with Crippen molar-refractivity contribution >= 4 is 34.0 Å². The van der Waals surface area contributed by atoms with Gasteiger partial charge in [-0.3, -0.25) is 0 Å². The molecule has 0 nitrogen and oxygen atoms in total. The second kappa shape index (κ2) is 5.28. The number of hydrogen-bond donors (Lipinski definition) is 0. The van der Waals surface area contributed by atoms with Gasteiger partial charge in [0.15, 0.2) is 0 Å². The molecule has 7 rings (SSSR count). The lowest BCUT2D eigenvalue weighted by Crippen LogP contribution is -2.31. The van der Waals surface area contributed by atoms with Gasteiger partial charge in [0.2, 0.25) is 0 Å². The predicted octanol–water partition coefficient (Wildman–Crippen LogP) is 5.71. The SMILES string of the molecule is Clc1ccc2c(c1)-c1ccccc1C21C2=c3c(ccc4cccc1c34)=CC=CC2. The molecule has 0 saturated heterocycles. The molecule has 136 valence electrons. The maximum absolute atomic E-state index is 6.46. The lowest BCUT2D eigenvalue weighted by atomic mass is 9.68. The highest BCUT2D eigenvalue weighted by atomic mass is 35.5. The Morgan fingerprint density at radius 1 is 0.759 bits per heavy atom. The zero-order valence-corrected chi connectivity index (χ0v) is 16.5. The molecule has 1 heteroatoms. The summed E-state index contributed by atoms with van der Waals surface area (Å²) in [4.78, 5) is 0. The Hall–Kier alpha value is -3.09. The highest BCUT2D eigenvalue weighted by Gasteiger charge is 2.50. The maximum atomic E-state index is 6.46. The molecule has 0 aromatic heterocycles. The molecule has 0 radical (unpaired) electrons. The molecule has 0 N–H and O–H groups in total. The first-order chi connectivity index (χ1) is 14.3. The monoisotopic (exact) mass is 388 g/mol. The van der Waals surface area contributed by atoms with Gasteiger partial charge in [0.25, 0.3) is 0 Å². The van der Waals surface area contributed by atoms with Crippen LogP contribution in [-0.2, 0) is 5.41 Å². The fourth-order valence-electron chi connectivity index (χ4n) is 6.01. The van der Waals surface area contributed by atoms with Crippen LogP contribution in [0.1, 0.15) is 23.1 Å². The van der Waals surface area contributed by atoms with Crippen LogP contribution in [0.3, 0.4) is 0 Å². The van der Waals surface area contributed by atoms with Crippen molar-refractivity contribution in [3.8, 4) is 11.1 Å². The molecule has 4 aromatic carbocycles. The van der Waals surface area contributed by atoms with Crippen LogP contribution in [0.4, 0.5) is 0 Å². The van der Waals surface area contributed by atoms with Crippen molar-refractivity contribution in [1.29, 1.82) is 0 Å². The van der Waals surface area contributed by atoms with E-state index in [-0.39, 0.29) is 5.41 Å². The normalized spacial score (nSPS) is 20.0. The van der Waals surface area contributed by atoms with Crippen LogP contribution >= 0.6 is 11.6 Å². The average molecular weight is 389 g/mol. The lowest BCUT2D eigenvalue weighted by Gasteiger charge is -2.32. The van der Waals surface area contributed by atoms with Gasteiger partial charge in [0.05, 0.1) is 5.41 Å². The van der Waals surface area contributed by atoms with Crippen molar-refractivity contribution in [3.05, 3.63) is 117 Å². The summed E-state index contributed by atoms with van der Waals surface area (Å²) in [5, 5.41) is 6.29. The van der Waals surface area contributed by atoms with Gasteiger partial charge in [-0.1, -0.05) is 90.5 Å². The van der Waals surface area contributed by atoms with Crippen LogP contribution in [0.15, 0.2) is 84.9 Å². The van der Waals surface area contributed by atoms with E-state index < -0.39 is 0 Å². The zero-order chi connectivity index (χ0) is 19.2. The highest BCUT2D eigenvalue weighted by molar-refractivity contribution is 6.31. The minimum absolute atomic E-state index is 0.239. The van der Waals surface area contributed by atoms with E-state index in [1.54, 1.807) is 0 Å². The van der Waals surface area contributed by atoms with Crippen LogP contribution in [0.5, 0.6) is 0 Å². The smallest absolute Gasteiger partial charge is 0.0691 e. The second-order valence-corrected chi connectivity index (χ2v) is 8.63. The predicted molar refractivity (Wildman–Crippen MR) is 122 cm³/mol. The highest BCUT2D eigenvalue weighted by Crippen LogP contribution is 2.60. The summed E-state index contributed by atoms with van der Waals surface area (Å²) in [5.74, 6) is 0. The Balaban J connectivity index is 1.79. The molecule has 0 aliphatic heterocycles. The standard InChI is InChI=1S/C28H17Cl/c29-19-14-15-23-21(16-19)20-8-2-4-9-22(20)28(23)24-10-3-1-6-17-12-13-18-7-5-11-25(28)27(18)26(17)24/h1-9,11-16H,10H2. The van der Waals surface area contributed by atoms with E-state index in [1.807, 2.05) is 0 Å². The molecular formula is C28H17Cl. The summed E-state index contributed by atoms with van der Waals surface area (Å²) in [5.41, 5.74) is 8.00. The topological polar surface area (TPSA) is 0 Å². The van der Waals surface area contributed by atoms with Crippen molar-refractivity contribution in [1.82, 2.24) is 0 Å². The Kier molecular flexibility index (Phi) is 2.88. The van der Waals surface area contributed by atoms with E-state index in [4.69, 9.17) is 11.6 Å². The molecule has 0 heterocycles. The van der Waals surface area contributed by atoms with Crippen LogP contribution in [0.25, 0.3) is 33.5 Å². The molecule has 1 unspecified atom stereocenters. The van der Waals surface area contributed by atoms with Gasteiger partial charge >= 0.3 is 0 Å². The zero-order valence-electron chi connectivity index (χ0n) is 15.7. The minimum Gasteiger partial charge on any atom is -0.0843 e. The Morgan fingerprint density at radius 3 is 2.59 bits per heavy atom. The van der Waals surface area contributed by atoms with Gasteiger partial charge in [-0.2, -0.15) is 0 Å². The van der Waals surface area contributed by atoms with Gasteiger partial charge in [-0.25, -0.2) is 0 Å². The molecule has 3 aliphatic carbocycles. The average Bonchev–Trinajstić information content (AvgIpc) is 3.09. The van der Waals surface area contributed by atoms with E-state index in [2.05, 4.69) is 91.0 Å². The number of allylic oxidation sites excluding steroid dienone is 2. The van der Waals surface area contributed by atoms with Crippen molar-refractivity contribution in [2.45, 2.75) is 11.8 Å². The molecule has 1 spiro atoms. The van der Waals surface area contributed by atoms with Crippen LogP contribution in [-0.4, -0.2) is 0 Å². The van der Waals surface area contributed by atoms with E-state index >= 15 is 0 Å². The molecule has 0 fully saturated rings. The number of hydrogen-bond acceptors (Lipinski definition) is 0. The third-order valence-corrected chi connectivity index (χ3v) is 7.21. The fraction of sp³-hybridized carbons (Fsp3) is 0.0714. The summed E-state index contributed by atoms with van der Waals surface area (Å²) in [6.45, 7) is 0. The van der Waals surface area contributed by atoms with Crippen LogP contribution in [0, 0.1) is 0 Å².